The number of rotatable bonds is 4. The van der Waals surface area contributed by atoms with Gasteiger partial charge in [0.05, 0.1) is 0 Å². The summed E-state index contributed by atoms with van der Waals surface area (Å²) in [5.74, 6) is 1.75. The predicted octanol–water partition coefficient (Wildman–Crippen LogP) is 4.16. The molecule has 1 unspecified atom stereocenters. The molecule has 1 aliphatic rings. The molecular formula is C15H22BrFIN3S. The lowest BCUT2D eigenvalue weighted by atomic mass is 10.1. The third kappa shape index (κ3) is 6.23. The second-order valence-electron chi connectivity index (χ2n) is 5.46. The maximum absolute atomic E-state index is 13.3. The van der Waals surface area contributed by atoms with Crippen molar-refractivity contribution in [2.75, 3.05) is 19.3 Å². The highest BCUT2D eigenvalue weighted by Crippen LogP contribution is 2.36. The largest absolute Gasteiger partial charge is 0.355 e. The van der Waals surface area contributed by atoms with Gasteiger partial charge in [-0.1, -0.05) is 15.9 Å². The molecule has 0 spiro atoms. The van der Waals surface area contributed by atoms with Gasteiger partial charge in [0.15, 0.2) is 5.96 Å². The van der Waals surface area contributed by atoms with Crippen LogP contribution in [0.2, 0.25) is 0 Å². The maximum atomic E-state index is 13.3. The van der Waals surface area contributed by atoms with Crippen LogP contribution in [0.4, 0.5) is 4.39 Å². The van der Waals surface area contributed by atoms with Gasteiger partial charge in [-0.3, -0.25) is 4.99 Å². The lowest BCUT2D eigenvalue weighted by Crippen LogP contribution is -2.43. The van der Waals surface area contributed by atoms with E-state index in [0.717, 1.165) is 22.5 Å². The van der Waals surface area contributed by atoms with Crippen LogP contribution in [0, 0.1) is 5.82 Å². The minimum Gasteiger partial charge on any atom is -0.355 e. The fraction of sp³-hybridized carbons (Fsp3) is 0.533. The molecule has 1 fully saturated rings. The van der Waals surface area contributed by atoms with Gasteiger partial charge in [-0.05, 0) is 49.3 Å². The third-order valence-corrected chi connectivity index (χ3v) is 5.53. The van der Waals surface area contributed by atoms with Crippen molar-refractivity contribution < 1.29 is 4.39 Å². The van der Waals surface area contributed by atoms with E-state index in [4.69, 9.17) is 0 Å². The molecule has 1 saturated heterocycles. The number of nitrogens with zero attached hydrogens (tertiary/aromatic N) is 1. The third-order valence-electron chi connectivity index (χ3n) is 3.54. The van der Waals surface area contributed by atoms with Gasteiger partial charge in [-0.15, -0.1) is 24.0 Å². The minimum absolute atomic E-state index is 0. The zero-order valence-electron chi connectivity index (χ0n) is 12.8. The summed E-state index contributed by atoms with van der Waals surface area (Å²) in [6, 6.07) is 4.88. The molecule has 22 heavy (non-hydrogen) atoms. The zero-order chi connectivity index (χ0) is 15.3. The summed E-state index contributed by atoms with van der Waals surface area (Å²) in [6.07, 6.45) is 2.52. The Kier molecular flexibility index (Phi) is 8.48. The van der Waals surface area contributed by atoms with E-state index in [1.165, 1.54) is 30.7 Å². The molecule has 1 atom stereocenters. The highest BCUT2D eigenvalue weighted by Gasteiger charge is 2.29. The number of hydrogen-bond donors (Lipinski definition) is 2. The second kappa shape index (κ2) is 9.32. The number of hydrogen-bond acceptors (Lipinski definition) is 2. The number of aliphatic imine (C=N–C) groups is 1. The van der Waals surface area contributed by atoms with E-state index in [2.05, 4.69) is 38.5 Å². The Morgan fingerprint density at radius 2 is 2.18 bits per heavy atom. The van der Waals surface area contributed by atoms with Crippen molar-refractivity contribution in [2.45, 2.75) is 31.1 Å². The minimum atomic E-state index is -0.237. The van der Waals surface area contributed by atoms with E-state index in [0.29, 0.717) is 11.3 Å². The van der Waals surface area contributed by atoms with Crippen molar-refractivity contribution in [1.29, 1.82) is 0 Å². The second-order valence-corrected chi connectivity index (χ2v) is 8.06. The quantitative estimate of drug-likeness (QED) is 0.369. The SMILES string of the molecule is CN=C(NCc1cc(F)cc(Br)c1)NCC1(C)CCCS1.I. The van der Waals surface area contributed by atoms with Crippen LogP contribution in [0.1, 0.15) is 25.3 Å². The number of guanidine groups is 1. The van der Waals surface area contributed by atoms with Crippen LogP contribution in [-0.4, -0.2) is 30.1 Å². The van der Waals surface area contributed by atoms with E-state index in [1.807, 2.05) is 17.8 Å². The maximum Gasteiger partial charge on any atom is 0.191 e. The van der Waals surface area contributed by atoms with Gasteiger partial charge >= 0.3 is 0 Å². The molecule has 0 aromatic heterocycles. The highest BCUT2D eigenvalue weighted by molar-refractivity contribution is 14.0. The van der Waals surface area contributed by atoms with Crippen LogP contribution in [0.3, 0.4) is 0 Å². The van der Waals surface area contributed by atoms with Crippen LogP contribution in [-0.2, 0) is 6.54 Å². The Morgan fingerprint density at radius 3 is 2.77 bits per heavy atom. The fourth-order valence-corrected chi connectivity index (χ4v) is 4.12. The number of benzene rings is 1. The first-order valence-corrected chi connectivity index (χ1v) is 8.82. The molecule has 0 radical (unpaired) electrons. The molecule has 1 aromatic carbocycles. The van der Waals surface area contributed by atoms with Gasteiger partial charge in [-0.25, -0.2) is 4.39 Å². The summed E-state index contributed by atoms with van der Waals surface area (Å²) >= 11 is 5.32. The van der Waals surface area contributed by atoms with Crippen LogP contribution in [0.25, 0.3) is 0 Å². The Labute approximate surface area is 161 Å². The van der Waals surface area contributed by atoms with Gasteiger partial charge in [0.25, 0.3) is 0 Å². The zero-order valence-corrected chi connectivity index (χ0v) is 17.5. The Bertz CT molecular complexity index is 501. The van der Waals surface area contributed by atoms with Gasteiger partial charge in [0.2, 0.25) is 0 Å². The predicted molar refractivity (Wildman–Crippen MR) is 108 cm³/mol. The summed E-state index contributed by atoms with van der Waals surface area (Å²) in [5, 5.41) is 6.59. The van der Waals surface area contributed by atoms with Crippen LogP contribution in [0.15, 0.2) is 27.7 Å². The average Bonchev–Trinajstić information content (AvgIpc) is 2.85. The van der Waals surface area contributed by atoms with Crippen LogP contribution < -0.4 is 10.6 Å². The summed E-state index contributed by atoms with van der Waals surface area (Å²) in [6.45, 7) is 3.72. The van der Waals surface area contributed by atoms with E-state index >= 15 is 0 Å². The van der Waals surface area contributed by atoms with Gasteiger partial charge in [-0.2, -0.15) is 11.8 Å². The first kappa shape index (κ1) is 20.0. The Morgan fingerprint density at radius 1 is 1.41 bits per heavy atom. The monoisotopic (exact) mass is 501 g/mol. The molecule has 2 rings (SSSR count). The van der Waals surface area contributed by atoms with Crippen molar-refractivity contribution in [2.24, 2.45) is 4.99 Å². The van der Waals surface area contributed by atoms with Gasteiger partial charge < -0.3 is 10.6 Å². The molecule has 1 heterocycles. The molecule has 0 bridgehead atoms. The average molecular weight is 502 g/mol. The molecule has 1 aromatic rings. The molecule has 3 nitrogen and oxygen atoms in total. The number of nitrogens with one attached hydrogen (secondary N) is 2. The Balaban J connectivity index is 0.00000242. The van der Waals surface area contributed by atoms with Crippen LogP contribution in [0.5, 0.6) is 0 Å². The van der Waals surface area contributed by atoms with E-state index in [-0.39, 0.29) is 29.8 Å². The molecule has 0 amide bonds. The van der Waals surface area contributed by atoms with E-state index in [1.54, 1.807) is 7.05 Å². The van der Waals surface area contributed by atoms with Crippen molar-refractivity contribution in [3.8, 4) is 0 Å². The van der Waals surface area contributed by atoms with E-state index < -0.39 is 0 Å². The normalized spacial score (nSPS) is 21.4. The molecule has 1 aliphatic heterocycles. The first-order chi connectivity index (χ1) is 10.0. The van der Waals surface area contributed by atoms with Crippen molar-refractivity contribution in [3.05, 3.63) is 34.1 Å². The molecular weight excluding hydrogens is 480 g/mol. The van der Waals surface area contributed by atoms with Crippen molar-refractivity contribution >= 4 is 57.6 Å². The van der Waals surface area contributed by atoms with Gasteiger partial charge in [0, 0.05) is 29.4 Å². The standard InChI is InChI=1S/C15H21BrFN3S.HI/c1-15(4-3-5-21-15)10-20-14(18-2)19-9-11-6-12(16)8-13(17)7-11;/h6-8H,3-5,9-10H2,1-2H3,(H2,18,19,20);1H. The first-order valence-electron chi connectivity index (χ1n) is 7.04. The fourth-order valence-electron chi connectivity index (χ4n) is 2.37. The van der Waals surface area contributed by atoms with Crippen molar-refractivity contribution in [3.63, 3.8) is 0 Å². The Hall–Kier alpha value is -0.0200. The van der Waals surface area contributed by atoms with Crippen LogP contribution >= 0.6 is 51.7 Å². The number of thioether (sulfide) groups is 1. The lowest BCUT2D eigenvalue weighted by molar-refractivity contribution is 0.584. The molecule has 7 heteroatoms. The summed E-state index contributed by atoms with van der Waals surface area (Å²) in [7, 11) is 1.75. The van der Waals surface area contributed by atoms with E-state index in [9.17, 15) is 4.39 Å². The smallest absolute Gasteiger partial charge is 0.191 e. The lowest BCUT2D eigenvalue weighted by Gasteiger charge is -2.24. The molecule has 0 aliphatic carbocycles. The number of halogens is 3. The summed E-state index contributed by atoms with van der Waals surface area (Å²) in [4.78, 5) is 4.22. The molecule has 124 valence electrons. The topological polar surface area (TPSA) is 36.4 Å². The van der Waals surface area contributed by atoms with Gasteiger partial charge in [0.1, 0.15) is 5.82 Å². The summed E-state index contributed by atoms with van der Waals surface area (Å²) < 4.78 is 14.4. The molecule has 0 saturated carbocycles. The van der Waals surface area contributed by atoms with Crippen molar-refractivity contribution in [1.82, 2.24) is 10.6 Å². The molecule has 2 N–H and O–H groups in total. The summed E-state index contributed by atoms with van der Waals surface area (Å²) in [5.41, 5.74) is 0.881. The highest BCUT2D eigenvalue weighted by atomic mass is 127.